The molecular formula is C10H22N2O3S. The molecule has 0 aromatic rings. The van der Waals surface area contributed by atoms with Gasteiger partial charge < -0.3 is 20.5 Å². The lowest BCUT2D eigenvalue weighted by molar-refractivity contribution is -0.136. The molecule has 0 aliphatic carbocycles. The van der Waals surface area contributed by atoms with Gasteiger partial charge in [0.25, 0.3) is 0 Å². The number of amides is 1. The van der Waals surface area contributed by atoms with Crippen molar-refractivity contribution in [1.29, 1.82) is 0 Å². The Hall–Kier alpha value is -0.300. The lowest BCUT2D eigenvalue weighted by Gasteiger charge is -2.23. The van der Waals surface area contributed by atoms with Gasteiger partial charge in [0.15, 0.2) is 6.29 Å². The van der Waals surface area contributed by atoms with Gasteiger partial charge >= 0.3 is 0 Å². The number of ether oxygens (including phenoxy) is 2. The molecule has 0 fully saturated rings. The minimum atomic E-state index is -0.468. The Balaban J connectivity index is 4.01. The molecule has 2 atom stereocenters. The van der Waals surface area contributed by atoms with E-state index in [1.807, 2.05) is 13.2 Å². The van der Waals surface area contributed by atoms with E-state index in [2.05, 4.69) is 5.32 Å². The van der Waals surface area contributed by atoms with E-state index in [1.54, 1.807) is 11.8 Å². The van der Waals surface area contributed by atoms with Gasteiger partial charge in [-0.15, -0.1) is 0 Å². The minimum Gasteiger partial charge on any atom is -0.354 e. The van der Waals surface area contributed by atoms with Gasteiger partial charge in [-0.25, -0.2) is 0 Å². The Bertz CT molecular complexity index is 201. The molecule has 0 heterocycles. The Kier molecular flexibility index (Phi) is 8.64. The zero-order chi connectivity index (χ0) is 12.6. The van der Waals surface area contributed by atoms with Crippen LogP contribution in [0.1, 0.15) is 13.3 Å². The van der Waals surface area contributed by atoms with E-state index in [0.717, 1.165) is 5.75 Å². The second-order valence-corrected chi connectivity index (χ2v) is 4.51. The number of nitrogens with two attached hydrogens (primary N) is 1. The first-order valence-corrected chi connectivity index (χ1v) is 6.56. The lowest BCUT2D eigenvalue weighted by Crippen LogP contribution is -2.49. The Labute approximate surface area is 101 Å². The molecule has 0 aliphatic rings. The SMILES string of the molecule is COC(OC)C(C)NC(=O)[C@@H](N)CCSC. The molecule has 16 heavy (non-hydrogen) atoms. The molecule has 0 aromatic carbocycles. The first-order chi connectivity index (χ1) is 7.56. The second-order valence-electron chi connectivity index (χ2n) is 3.53. The number of thioether (sulfide) groups is 1. The van der Waals surface area contributed by atoms with Crippen molar-refractivity contribution >= 4 is 17.7 Å². The van der Waals surface area contributed by atoms with Gasteiger partial charge in [0.2, 0.25) is 5.91 Å². The van der Waals surface area contributed by atoms with Crippen molar-refractivity contribution in [2.45, 2.75) is 31.7 Å². The summed E-state index contributed by atoms with van der Waals surface area (Å²) in [4.78, 5) is 11.6. The average Bonchev–Trinajstić information content (AvgIpc) is 2.27. The summed E-state index contributed by atoms with van der Waals surface area (Å²) in [5, 5.41) is 2.77. The quantitative estimate of drug-likeness (QED) is 0.602. The van der Waals surface area contributed by atoms with E-state index in [0.29, 0.717) is 6.42 Å². The number of rotatable bonds is 8. The summed E-state index contributed by atoms with van der Waals surface area (Å²) in [7, 11) is 3.06. The summed E-state index contributed by atoms with van der Waals surface area (Å²) in [6.45, 7) is 1.82. The second kappa shape index (κ2) is 8.81. The van der Waals surface area contributed by atoms with E-state index >= 15 is 0 Å². The highest BCUT2D eigenvalue weighted by atomic mass is 32.2. The molecule has 5 nitrogen and oxygen atoms in total. The van der Waals surface area contributed by atoms with Crippen LogP contribution < -0.4 is 11.1 Å². The maximum Gasteiger partial charge on any atom is 0.237 e. The number of methoxy groups -OCH3 is 2. The summed E-state index contributed by atoms with van der Waals surface area (Å²) in [5.41, 5.74) is 5.73. The molecule has 0 aliphatic heterocycles. The maximum atomic E-state index is 11.6. The monoisotopic (exact) mass is 250 g/mol. The van der Waals surface area contributed by atoms with Crippen LogP contribution in [0.3, 0.4) is 0 Å². The van der Waals surface area contributed by atoms with Gasteiger partial charge in [-0.05, 0) is 25.4 Å². The fraction of sp³-hybridized carbons (Fsp3) is 0.900. The largest absolute Gasteiger partial charge is 0.354 e. The highest BCUT2D eigenvalue weighted by Gasteiger charge is 2.21. The highest BCUT2D eigenvalue weighted by Crippen LogP contribution is 2.02. The van der Waals surface area contributed by atoms with E-state index < -0.39 is 12.3 Å². The third-order valence-corrected chi connectivity index (χ3v) is 2.86. The fourth-order valence-corrected chi connectivity index (χ4v) is 1.77. The number of nitrogens with one attached hydrogen (secondary N) is 1. The van der Waals surface area contributed by atoms with Crippen LogP contribution in [0.5, 0.6) is 0 Å². The summed E-state index contributed by atoms with van der Waals surface area (Å²) >= 11 is 1.67. The number of hydrogen-bond donors (Lipinski definition) is 2. The predicted octanol–water partition coefficient (Wildman–Crippen LogP) is 0.190. The molecule has 0 rings (SSSR count). The lowest BCUT2D eigenvalue weighted by atomic mass is 10.2. The van der Waals surface area contributed by atoms with Crippen molar-refractivity contribution in [3.05, 3.63) is 0 Å². The van der Waals surface area contributed by atoms with Gasteiger partial charge in [-0.1, -0.05) is 0 Å². The molecule has 1 amide bonds. The number of carbonyl (C=O) groups is 1. The van der Waals surface area contributed by atoms with Gasteiger partial charge in [0.05, 0.1) is 12.1 Å². The van der Waals surface area contributed by atoms with E-state index in [1.165, 1.54) is 14.2 Å². The average molecular weight is 250 g/mol. The third kappa shape index (κ3) is 5.69. The molecule has 0 radical (unpaired) electrons. The first-order valence-electron chi connectivity index (χ1n) is 5.17. The standard InChI is InChI=1S/C10H22N2O3S/c1-7(10(14-2)15-3)12-9(13)8(11)5-6-16-4/h7-8,10H,5-6,11H2,1-4H3,(H,12,13)/t7?,8-/m0/s1. The molecular weight excluding hydrogens is 228 g/mol. The van der Waals surface area contributed by atoms with Crippen LogP contribution in [0.15, 0.2) is 0 Å². The molecule has 0 spiro atoms. The number of hydrogen-bond acceptors (Lipinski definition) is 5. The van der Waals surface area contributed by atoms with E-state index in [-0.39, 0.29) is 11.9 Å². The number of carbonyl (C=O) groups excluding carboxylic acids is 1. The molecule has 96 valence electrons. The van der Waals surface area contributed by atoms with Gasteiger partial charge in [-0.2, -0.15) is 11.8 Å². The van der Waals surface area contributed by atoms with E-state index in [4.69, 9.17) is 15.2 Å². The molecule has 0 aromatic heterocycles. The van der Waals surface area contributed by atoms with Crippen LogP contribution in [-0.4, -0.2) is 50.5 Å². The fourth-order valence-electron chi connectivity index (χ4n) is 1.28. The highest BCUT2D eigenvalue weighted by molar-refractivity contribution is 7.98. The van der Waals surface area contributed by atoms with Crippen molar-refractivity contribution in [2.24, 2.45) is 5.73 Å². The Morgan fingerprint density at radius 2 is 2.00 bits per heavy atom. The van der Waals surface area contributed by atoms with Crippen LogP contribution >= 0.6 is 11.8 Å². The van der Waals surface area contributed by atoms with Crippen LogP contribution in [0.4, 0.5) is 0 Å². The van der Waals surface area contributed by atoms with Crippen LogP contribution in [0.25, 0.3) is 0 Å². The summed E-state index contributed by atoms with van der Waals surface area (Å²) in [5.74, 6) is 0.710. The summed E-state index contributed by atoms with van der Waals surface area (Å²) in [6, 6.07) is -0.688. The topological polar surface area (TPSA) is 73.6 Å². The van der Waals surface area contributed by atoms with E-state index in [9.17, 15) is 4.79 Å². The van der Waals surface area contributed by atoms with Crippen molar-refractivity contribution in [2.75, 3.05) is 26.2 Å². The Morgan fingerprint density at radius 1 is 1.44 bits per heavy atom. The predicted molar refractivity (Wildman–Crippen MR) is 66.4 cm³/mol. The Morgan fingerprint density at radius 3 is 2.44 bits per heavy atom. The third-order valence-electron chi connectivity index (χ3n) is 2.21. The van der Waals surface area contributed by atoms with Crippen molar-refractivity contribution < 1.29 is 14.3 Å². The maximum absolute atomic E-state index is 11.6. The summed E-state index contributed by atoms with van der Waals surface area (Å²) in [6.07, 6.45) is 2.21. The van der Waals surface area contributed by atoms with Gasteiger partial charge in [0, 0.05) is 14.2 Å². The van der Waals surface area contributed by atoms with Crippen LogP contribution in [0, 0.1) is 0 Å². The molecule has 0 saturated heterocycles. The minimum absolute atomic E-state index is 0.166. The van der Waals surface area contributed by atoms with Crippen LogP contribution in [-0.2, 0) is 14.3 Å². The van der Waals surface area contributed by atoms with Gasteiger partial charge in [0.1, 0.15) is 0 Å². The van der Waals surface area contributed by atoms with Gasteiger partial charge in [-0.3, -0.25) is 4.79 Å². The normalized spacial score (nSPS) is 14.9. The molecule has 0 bridgehead atoms. The van der Waals surface area contributed by atoms with Crippen molar-refractivity contribution in [3.63, 3.8) is 0 Å². The first kappa shape index (κ1) is 15.7. The molecule has 1 unspecified atom stereocenters. The summed E-state index contributed by atoms with van der Waals surface area (Å²) < 4.78 is 10.1. The van der Waals surface area contributed by atoms with Crippen LogP contribution in [0.2, 0.25) is 0 Å². The molecule has 0 saturated carbocycles. The van der Waals surface area contributed by atoms with Crippen molar-refractivity contribution in [3.8, 4) is 0 Å². The molecule has 3 N–H and O–H groups in total. The zero-order valence-electron chi connectivity index (χ0n) is 10.4. The smallest absolute Gasteiger partial charge is 0.237 e. The van der Waals surface area contributed by atoms with Crippen molar-refractivity contribution in [1.82, 2.24) is 5.32 Å². The zero-order valence-corrected chi connectivity index (χ0v) is 11.2. The molecule has 6 heteroatoms.